The van der Waals surface area contributed by atoms with Crippen molar-refractivity contribution in [3.8, 4) is 0 Å². The molecule has 1 atom stereocenters. The van der Waals surface area contributed by atoms with Crippen LogP contribution in [0.2, 0.25) is 0 Å². The van der Waals surface area contributed by atoms with Crippen molar-refractivity contribution < 1.29 is 9.09 Å². The van der Waals surface area contributed by atoms with Crippen molar-refractivity contribution >= 4 is 7.52 Å². The van der Waals surface area contributed by atoms with Gasteiger partial charge in [0, 0.05) is 26.2 Å². The minimum atomic E-state index is -2.81. The van der Waals surface area contributed by atoms with Crippen LogP contribution in [0.5, 0.6) is 0 Å². The van der Waals surface area contributed by atoms with Crippen molar-refractivity contribution in [1.29, 1.82) is 0 Å². The van der Waals surface area contributed by atoms with E-state index >= 15 is 0 Å². The molecule has 0 aromatic carbocycles. The maximum atomic E-state index is 13.5. The zero-order valence-corrected chi connectivity index (χ0v) is 15.3. The molecule has 0 aromatic rings. The molecule has 1 saturated heterocycles. The minimum Gasteiger partial charge on any atom is -0.316 e. The molecule has 0 amide bonds. The second kappa shape index (κ2) is 6.48. The Labute approximate surface area is 125 Å². The zero-order chi connectivity index (χ0) is 15.6. The third kappa shape index (κ3) is 4.56. The van der Waals surface area contributed by atoms with E-state index in [-0.39, 0.29) is 10.6 Å². The summed E-state index contributed by atoms with van der Waals surface area (Å²) in [7, 11) is -2.81. The smallest absolute Gasteiger partial charge is 0.277 e. The van der Waals surface area contributed by atoms with Crippen LogP contribution in [-0.2, 0) is 9.09 Å². The Hall–Kier alpha value is 0.110. The molecule has 0 aliphatic carbocycles. The van der Waals surface area contributed by atoms with Crippen molar-refractivity contribution in [3.63, 3.8) is 0 Å². The lowest BCUT2D eigenvalue weighted by Gasteiger charge is -2.44. The number of rotatable bonds is 4. The average molecular weight is 304 g/mol. The topological polar surface area (TPSA) is 32.8 Å². The minimum absolute atomic E-state index is 0.0339. The summed E-state index contributed by atoms with van der Waals surface area (Å²) in [6.07, 6.45) is 0. The second-order valence-corrected chi connectivity index (χ2v) is 11.1. The van der Waals surface area contributed by atoms with Gasteiger partial charge in [0.1, 0.15) is 0 Å². The molecule has 120 valence electrons. The van der Waals surface area contributed by atoms with Crippen molar-refractivity contribution in [3.05, 3.63) is 0 Å². The largest absolute Gasteiger partial charge is 0.316 e. The van der Waals surface area contributed by atoms with Gasteiger partial charge in [0.15, 0.2) is 0 Å². The van der Waals surface area contributed by atoms with E-state index in [1.807, 2.05) is 20.8 Å². The highest BCUT2D eigenvalue weighted by Gasteiger charge is 2.45. The number of hydrogen-bond donors (Lipinski definition) is 0. The first-order valence-electron chi connectivity index (χ1n) is 7.72. The molecule has 1 unspecified atom stereocenters. The van der Waals surface area contributed by atoms with E-state index in [1.165, 1.54) is 0 Å². The Morgan fingerprint density at radius 2 is 1.50 bits per heavy atom. The van der Waals surface area contributed by atoms with Gasteiger partial charge in [-0.3, -0.25) is 4.57 Å². The molecule has 0 spiro atoms. The standard InChI is InChI=1S/C15H33N2O2P/c1-8-16-9-11-17(12-10-16)20(18,15(5,6)7)19-13-14(2,3)4/h8-13H2,1-7H3. The third-order valence-corrected chi connectivity index (χ3v) is 7.01. The van der Waals surface area contributed by atoms with Crippen LogP contribution in [0.4, 0.5) is 0 Å². The summed E-state index contributed by atoms with van der Waals surface area (Å²) in [5, 5.41) is -0.341. The Morgan fingerprint density at radius 3 is 1.85 bits per heavy atom. The fourth-order valence-electron chi connectivity index (χ4n) is 2.30. The summed E-state index contributed by atoms with van der Waals surface area (Å²) >= 11 is 0. The molecule has 4 nitrogen and oxygen atoms in total. The van der Waals surface area contributed by atoms with E-state index in [4.69, 9.17) is 4.52 Å². The summed E-state index contributed by atoms with van der Waals surface area (Å²) in [4.78, 5) is 2.40. The van der Waals surface area contributed by atoms with Crippen LogP contribution in [0.15, 0.2) is 0 Å². The molecule has 0 radical (unpaired) electrons. The molecule has 1 aliphatic heterocycles. The molecule has 1 aliphatic rings. The van der Waals surface area contributed by atoms with E-state index in [1.54, 1.807) is 0 Å². The predicted molar refractivity (Wildman–Crippen MR) is 86.5 cm³/mol. The number of likely N-dealkylation sites (N-methyl/N-ethyl adjacent to an activating group) is 1. The quantitative estimate of drug-likeness (QED) is 0.742. The molecule has 0 bridgehead atoms. The first kappa shape index (κ1) is 18.2. The lowest BCUT2D eigenvalue weighted by Crippen LogP contribution is -2.47. The number of hydrogen-bond acceptors (Lipinski definition) is 3. The first-order valence-corrected chi connectivity index (χ1v) is 9.30. The predicted octanol–water partition coefficient (Wildman–Crippen LogP) is 3.68. The van der Waals surface area contributed by atoms with Gasteiger partial charge >= 0.3 is 0 Å². The van der Waals surface area contributed by atoms with Gasteiger partial charge in [-0.15, -0.1) is 0 Å². The van der Waals surface area contributed by atoms with E-state index < -0.39 is 7.52 Å². The fraction of sp³-hybridized carbons (Fsp3) is 1.00. The lowest BCUT2D eigenvalue weighted by molar-refractivity contribution is 0.140. The fourth-order valence-corrected chi connectivity index (χ4v) is 4.96. The van der Waals surface area contributed by atoms with Crippen molar-refractivity contribution in [1.82, 2.24) is 9.57 Å². The number of piperazine rings is 1. The van der Waals surface area contributed by atoms with Gasteiger partial charge in [0.2, 0.25) is 0 Å². The highest BCUT2D eigenvalue weighted by molar-refractivity contribution is 7.58. The maximum Gasteiger partial charge on any atom is 0.277 e. The molecule has 1 rings (SSSR count). The summed E-state index contributed by atoms with van der Waals surface area (Å²) in [5.74, 6) is 0. The first-order chi connectivity index (χ1) is 8.99. The monoisotopic (exact) mass is 304 g/mol. The van der Waals surface area contributed by atoms with Gasteiger partial charge in [-0.25, -0.2) is 4.67 Å². The lowest BCUT2D eigenvalue weighted by atomic mass is 9.99. The number of nitrogens with zero attached hydrogens (tertiary/aromatic N) is 2. The van der Waals surface area contributed by atoms with Gasteiger partial charge in [0.25, 0.3) is 7.52 Å². The van der Waals surface area contributed by atoms with Crippen molar-refractivity contribution in [2.24, 2.45) is 5.41 Å². The van der Waals surface area contributed by atoms with Crippen LogP contribution < -0.4 is 0 Å². The molecule has 1 fully saturated rings. The molecule has 5 heteroatoms. The Kier molecular flexibility index (Phi) is 5.88. The van der Waals surface area contributed by atoms with E-state index in [9.17, 15) is 4.57 Å². The normalized spacial score (nSPS) is 22.8. The van der Waals surface area contributed by atoms with E-state index in [0.717, 1.165) is 32.7 Å². The van der Waals surface area contributed by atoms with Gasteiger partial charge < -0.3 is 9.42 Å². The second-order valence-electron chi connectivity index (χ2n) is 7.91. The Morgan fingerprint density at radius 1 is 1.00 bits per heavy atom. The van der Waals surface area contributed by atoms with Crippen LogP contribution in [-0.4, -0.2) is 54.1 Å². The molecular weight excluding hydrogens is 271 g/mol. The highest BCUT2D eigenvalue weighted by atomic mass is 31.2. The summed E-state index contributed by atoms with van der Waals surface area (Å²) in [5.41, 5.74) is 0.0339. The Bertz CT molecular complexity index is 350. The van der Waals surface area contributed by atoms with Crippen LogP contribution in [0.1, 0.15) is 48.5 Å². The maximum absolute atomic E-state index is 13.5. The van der Waals surface area contributed by atoms with Gasteiger partial charge in [-0.1, -0.05) is 27.7 Å². The van der Waals surface area contributed by atoms with Crippen molar-refractivity contribution in [2.75, 3.05) is 39.3 Å². The average Bonchev–Trinajstić information content (AvgIpc) is 2.34. The van der Waals surface area contributed by atoms with Crippen molar-refractivity contribution in [2.45, 2.75) is 53.6 Å². The van der Waals surface area contributed by atoms with Crippen LogP contribution in [0, 0.1) is 5.41 Å². The zero-order valence-electron chi connectivity index (χ0n) is 14.4. The Balaban J connectivity index is 2.82. The van der Waals surface area contributed by atoms with Gasteiger partial charge in [0.05, 0.1) is 11.8 Å². The molecule has 0 saturated carbocycles. The summed E-state index contributed by atoms with van der Waals surface area (Å²) in [6, 6.07) is 0. The highest BCUT2D eigenvalue weighted by Crippen LogP contribution is 2.62. The van der Waals surface area contributed by atoms with Crippen LogP contribution >= 0.6 is 7.52 Å². The summed E-state index contributed by atoms with van der Waals surface area (Å²) < 4.78 is 21.6. The molecular formula is C15H33N2O2P. The molecule has 1 heterocycles. The van der Waals surface area contributed by atoms with Gasteiger partial charge in [-0.2, -0.15) is 0 Å². The SMILES string of the molecule is CCN1CCN(P(=O)(OCC(C)(C)C)C(C)(C)C)CC1. The van der Waals surface area contributed by atoms with E-state index in [0.29, 0.717) is 6.61 Å². The van der Waals surface area contributed by atoms with Crippen LogP contribution in [0.25, 0.3) is 0 Å². The molecule has 0 N–H and O–H groups in total. The molecule has 0 aromatic heterocycles. The molecule has 20 heavy (non-hydrogen) atoms. The van der Waals surface area contributed by atoms with E-state index in [2.05, 4.69) is 37.3 Å². The van der Waals surface area contributed by atoms with Gasteiger partial charge in [-0.05, 0) is 32.7 Å². The third-order valence-electron chi connectivity index (χ3n) is 3.69. The van der Waals surface area contributed by atoms with Crippen LogP contribution in [0.3, 0.4) is 0 Å². The summed E-state index contributed by atoms with van der Waals surface area (Å²) in [6.45, 7) is 19.9.